The molecule has 0 saturated carbocycles. The van der Waals surface area contributed by atoms with Crippen LogP contribution in [0.5, 0.6) is 11.5 Å². The molecule has 1 heterocycles. The standard InChI is InChI=1S/C19H20N2O4/c1-3-21-15-7-5-6-8-17(15)25-16-10-9-13(11-14(16)19(21)23)20-18(22)12-24-4-2/h5-11H,3-4,12H2,1-2H3,(H,20,22). The first kappa shape index (κ1) is 17.0. The van der Waals surface area contributed by atoms with Crippen LogP contribution in [0, 0.1) is 0 Å². The largest absolute Gasteiger partial charge is 0.454 e. The number of hydrogen-bond acceptors (Lipinski definition) is 4. The fourth-order valence-corrected chi connectivity index (χ4v) is 2.71. The summed E-state index contributed by atoms with van der Waals surface area (Å²) in [6.07, 6.45) is 0. The molecule has 130 valence electrons. The number of rotatable bonds is 5. The number of ether oxygens (including phenoxy) is 2. The van der Waals surface area contributed by atoms with Gasteiger partial charge in [-0.2, -0.15) is 0 Å². The highest BCUT2D eigenvalue weighted by Gasteiger charge is 2.27. The smallest absolute Gasteiger partial charge is 0.262 e. The number of carbonyl (C=O) groups excluding carboxylic acids is 2. The average Bonchev–Trinajstić information content (AvgIpc) is 2.74. The van der Waals surface area contributed by atoms with Gasteiger partial charge in [0.2, 0.25) is 5.91 Å². The van der Waals surface area contributed by atoms with Crippen molar-refractivity contribution < 1.29 is 19.1 Å². The maximum absolute atomic E-state index is 12.9. The topological polar surface area (TPSA) is 67.9 Å². The number of anilines is 2. The number of nitrogens with one attached hydrogen (secondary N) is 1. The van der Waals surface area contributed by atoms with Crippen molar-refractivity contribution >= 4 is 23.2 Å². The predicted molar refractivity (Wildman–Crippen MR) is 95.4 cm³/mol. The molecule has 0 aromatic heterocycles. The Bertz CT molecular complexity index is 804. The second-order valence-electron chi connectivity index (χ2n) is 5.52. The molecule has 0 saturated heterocycles. The van der Waals surface area contributed by atoms with Gasteiger partial charge in [0.1, 0.15) is 12.4 Å². The van der Waals surface area contributed by atoms with Crippen LogP contribution in [-0.2, 0) is 9.53 Å². The summed E-state index contributed by atoms with van der Waals surface area (Å²) in [5.74, 6) is 0.670. The van der Waals surface area contributed by atoms with Crippen molar-refractivity contribution in [2.45, 2.75) is 13.8 Å². The van der Waals surface area contributed by atoms with E-state index in [9.17, 15) is 9.59 Å². The highest BCUT2D eigenvalue weighted by Crippen LogP contribution is 2.39. The Morgan fingerprint density at radius 1 is 1.16 bits per heavy atom. The molecule has 0 fully saturated rings. The van der Waals surface area contributed by atoms with Crippen LogP contribution in [0.2, 0.25) is 0 Å². The zero-order valence-electron chi connectivity index (χ0n) is 14.2. The molecule has 0 aliphatic carbocycles. The van der Waals surface area contributed by atoms with E-state index in [1.165, 1.54) is 0 Å². The first-order chi connectivity index (χ1) is 12.1. The van der Waals surface area contributed by atoms with Crippen LogP contribution >= 0.6 is 0 Å². The molecule has 2 aromatic rings. The van der Waals surface area contributed by atoms with Gasteiger partial charge in [0, 0.05) is 18.8 Å². The number of carbonyl (C=O) groups is 2. The monoisotopic (exact) mass is 340 g/mol. The quantitative estimate of drug-likeness (QED) is 0.905. The third kappa shape index (κ3) is 3.49. The average molecular weight is 340 g/mol. The van der Waals surface area contributed by atoms with E-state index in [-0.39, 0.29) is 18.4 Å². The minimum atomic E-state index is -0.264. The van der Waals surface area contributed by atoms with Gasteiger partial charge >= 0.3 is 0 Å². The van der Waals surface area contributed by atoms with E-state index in [1.807, 2.05) is 38.1 Å². The van der Waals surface area contributed by atoms with Gasteiger partial charge in [-0.05, 0) is 44.2 Å². The Labute approximate surface area is 146 Å². The summed E-state index contributed by atoms with van der Waals surface area (Å²) in [6, 6.07) is 12.5. The molecule has 1 aliphatic rings. The lowest BCUT2D eigenvalue weighted by Crippen LogP contribution is -2.29. The molecule has 0 atom stereocenters. The van der Waals surface area contributed by atoms with Crippen molar-refractivity contribution in [3.63, 3.8) is 0 Å². The van der Waals surface area contributed by atoms with Crippen molar-refractivity contribution in [2.75, 3.05) is 30.0 Å². The number of amides is 2. The molecule has 0 unspecified atom stereocenters. The van der Waals surface area contributed by atoms with E-state index < -0.39 is 0 Å². The molecular formula is C19H20N2O4. The van der Waals surface area contributed by atoms with E-state index in [1.54, 1.807) is 23.1 Å². The molecule has 25 heavy (non-hydrogen) atoms. The molecule has 1 N–H and O–H groups in total. The van der Waals surface area contributed by atoms with Gasteiger partial charge in [0.25, 0.3) is 5.91 Å². The Balaban J connectivity index is 1.93. The van der Waals surface area contributed by atoms with Crippen LogP contribution in [0.15, 0.2) is 42.5 Å². The summed E-state index contributed by atoms with van der Waals surface area (Å²) in [5.41, 5.74) is 1.67. The summed E-state index contributed by atoms with van der Waals surface area (Å²) in [6.45, 7) is 4.69. The van der Waals surface area contributed by atoms with Crippen molar-refractivity contribution in [2.24, 2.45) is 0 Å². The van der Waals surface area contributed by atoms with Crippen molar-refractivity contribution in [3.8, 4) is 11.5 Å². The van der Waals surface area contributed by atoms with Crippen molar-refractivity contribution in [1.29, 1.82) is 0 Å². The van der Waals surface area contributed by atoms with Crippen LogP contribution in [-0.4, -0.2) is 31.6 Å². The van der Waals surface area contributed by atoms with Gasteiger partial charge in [0.15, 0.2) is 5.75 Å². The number of fused-ring (bicyclic) bond motifs is 2. The highest BCUT2D eigenvalue weighted by molar-refractivity contribution is 6.10. The highest BCUT2D eigenvalue weighted by atomic mass is 16.5. The second kappa shape index (κ2) is 7.36. The molecule has 0 spiro atoms. The summed E-state index contributed by atoms with van der Waals surface area (Å²) < 4.78 is 11.0. The first-order valence-corrected chi connectivity index (χ1v) is 8.24. The molecule has 2 aromatic carbocycles. The van der Waals surface area contributed by atoms with Crippen LogP contribution in [0.3, 0.4) is 0 Å². The fourth-order valence-electron chi connectivity index (χ4n) is 2.71. The van der Waals surface area contributed by atoms with Gasteiger partial charge in [-0.15, -0.1) is 0 Å². The third-order valence-electron chi connectivity index (χ3n) is 3.87. The fraction of sp³-hybridized carbons (Fsp3) is 0.263. The molecule has 0 radical (unpaired) electrons. The predicted octanol–water partition coefficient (Wildman–Crippen LogP) is 3.43. The Morgan fingerprint density at radius 3 is 2.72 bits per heavy atom. The summed E-state index contributed by atoms with van der Waals surface area (Å²) >= 11 is 0. The Hall–Kier alpha value is -2.86. The summed E-state index contributed by atoms with van der Waals surface area (Å²) in [5, 5.41) is 2.73. The van der Waals surface area contributed by atoms with Gasteiger partial charge in [-0.25, -0.2) is 0 Å². The third-order valence-corrected chi connectivity index (χ3v) is 3.87. The Morgan fingerprint density at radius 2 is 1.96 bits per heavy atom. The zero-order valence-corrected chi connectivity index (χ0v) is 14.2. The number of hydrogen-bond donors (Lipinski definition) is 1. The minimum Gasteiger partial charge on any atom is -0.454 e. The summed E-state index contributed by atoms with van der Waals surface area (Å²) in [4.78, 5) is 26.4. The minimum absolute atomic E-state index is 0.0233. The lowest BCUT2D eigenvalue weighted by Gasteiger charge is -2.19. The van der Waals surface area contributed by atoms with E-state index >= 15 is 0 Å². The molecular weight excluding hydrogens is 320 g/mol. The number of nitrogens with zero attached hydrogens (tertiary/aromatic N) is 1. The van der Waals surface area contributed by atoms with E-state index in [4.69, 9.17) is 9.47 Å². The van der Waals surface area contributed by atoms with E-state index in [2.05, 4.69) is 5.32 Å². The van der Waals surface area contributed by atoms with Gasteiger partial charge in [0.05, 0.1) is 11.3 Å². The van der Waals surface area contributed by atoms with Gasteiger partial charge in [-0.1, -0.05) is 12.1 Å². The van der Waals surface area contributed by atoms with Crippen LogP contribution in [0.4, 0.5) is 11.4 Å². The van der Waals surface area contributed by atoms with Gasteiger partial charge in [-0.3, -0.25) is 9.59 Å². The van der Waals surface area contributed by atoms with Crippen LogP contribution < -0.4 is 15.0 Å². The number of benzene rings is 2. The van der Waals surface area contributed by atoms with E-state index in [0.29, 0.717) is 35.9 Å². The SMILES string of the molecule is CCOCC(=O)Nc1ccc2c(c1)C(=O)N(CC)c1ccccc1O2. The van der Waals surface area contributed by atoms with Crippen molar-refractivity contribution in [1.82, 2.24) is 0 Å². The lowest BCUT2D eigenvalue weighted by molar-refractivity contribution is -0.120. The second-order valence-corrected chi connectivity index (χ2v) is 5.52. The van der Waals surface area contributed by atoms with Gasteiger partial charge < -0.3 is 19.7 Å². The molecule has 3 rings (SSSR count). The molecule has 1 aliphatic heterocycles. The molecule has 6 heteroatoms. The first-order valence-electron chi connectivity index (χ1n) is 8.24. The molecule has 2 amide bonds. The maximum atomic E-state index is 12.9. The molecule has 0 bridgehead atoms. The lowest BCUT2D eigenvalue weighted by atomic mass is 10.1. The van der Waals surface area contributed by atoms with Crippen molar-refractivity contribution in [3.05, 3.63) is 48.0 Å². The zero-order chi connectivity index (χ0) is 17.8. The van der Waals surface area contributed by atoms with Crippen LogP contribution in [0.1, 0.15) is 24.2 Å². The van der Waals surface area contributed by atoms with Crippen LogP contribution in [0.25, 0.3) is 0 Å². The summed E-state index contributed by atoms with van der Waals surface area (Å²) in [7, 11) is 0. The maximum Gasteiger partial charge on any atom is 0.262 e. The normalized spacial score (nSPS) is 12.7. The Kier molecular flexibility index (Phi) is 5.00. The van der Waals surface area contributed by atoms with E-state index in [0.717, 1.165) is 5.69 Å². The number of para-hydroxylation sites is 2. The molecule has 6 nitrogen and oxygen atoms in total.